The van der Waals surface area contributed by atoms with E-state index in [1.54, 1.807) is 36.3 Å². The second-order valence-electron chi connectivity index (χ2n) is 5.94. The maximum atomic E-state index is 13.0. The molecule has 1 aromatic heterocycles. The Morgan fingerprint density at radius 3 is 2.58 bits per heavy atom. The normalized spacial score (nSPS) is 10.6. The van der Waals surface area contributed by atoms with Crippen LogP contribution in [0.4, 0.5) is 5.13 Å². The second kappa shape index (κ2) is 8.10. The van der Waals surface area contributed by atoms with E-state index >= 15 is 0 Å². The second-order valence-corrected chi connectivity index (χ2v) is 6.90. The highest BCUT2D eigenvalue weighted by molar-refractivity contribution is 7.18. The van der Waals surface area contributed by atoms with Gasteiger partial charge in [0.05, 0.1) is 7.11 Å². The van der Waals surface area contributed by atoms with Crippen LogP contribution in [-0.2, 0) is 0 Å². The lowest BCUT2D eigenvalue weighted by Crippen LogP contribution is -2.31. The lowest BCUT2D eigenvalue weighted by atomic mass is 10.1. The van der Waals surface area contributed by atoms with Gasteiger partial charge in [0.1, 0.15) is 10.8 Å². The Morgan fingerprint density at radius 1 is 1.15 bits per heavy atom. The largest absolute Gasteiger partial charge is 0.497 e. The number of carbonyl (C=O) groups excluding carboxylic acids is 1. The zero-order valence-corrected chi connectivity index (χ0v) is 15.9. The fourth-order valence-electron chi connectivity index (χ4n) is 2.62. The van der Waals surface area contributed by atoms with E-state index in [2.05, 4.69) is 16.3 Å². The monoisotopic (exact) mass is 367 g/mol. The number of hydrogen-bond acceptors (Lipinski definition) is 5. The molecule has 0 saturated heterocycles. The molecule has 0 aliphatic carbocycles. The Morgan fingerprint density at radius 2 is 1.92 bits per heavy atom. The quantitative estimate of drug-likeness (QED) is 0.640. The molecule has 1 amide bonds. The first kappa shape index (κ1) is 18.1. The van der Waals surface area contributed by atoms with Gasteiger partial charge >= 0.3 is 0 Å². The smallest absolute Gasteiger partial charge is 0.260 e. The molecule has 5 nitrogen and oxygen atoms in total. The van der Waals surface area contributed by atoms with Crippen LogP contribution in [0.3, 0.4) is 0 Å². The summed E-state index contributed by atoms with van der Waals surface area (Å²) in [6.07, 6.45) is 0.835. The van der Waals surface area contributed by atoms with Crippen LogP contribution >= 0.6 is 11.3 Å². The summed E-state index contributed by atoms with van der Waals surface area (Å²) in [7, 11) is 1.61. The molecule has 6 heteroatoms. The van der Waals surface area contributed by atoms with Crippen molar-refractivity contribution in [3.05, 3.63) is 59.7 Å². The van der Waals surface area contributed by atoms with Gasteiger partial charge in [0.25, 0.3) is 5.91 Å². The Bertz CT molecular complexity index is 890. The van der Waals surface area contributed by atoms with Gasteiger partial charge in [-0.2, -0.15) is 0 Å². The Labute approximate surface area is 157 Å². The summed E-state index contributed by atoms with van der Waals surface area (Å²) >= 11 is 1.43. The van der Waals surface area contributed by atoms with Crippen LogP contribution in [0, 0.1) is 6.92 Å². The molecule has 0 bridgehead atoms. The van der Waals surface area contributed by atoms with E-state index in [0.717, 1.165) is 22.7 Å². The number of hydrogen-bond donors (Lipinski definition) is 0. The van der Waals surface area contributed by atoms with Crippen molar-refractivity contribution < 1.29 is 9.53 Å². The molecule has 0 radical (unpaired) electrons. The van der Waals surface area contributed by atoms with Crippen molar-refractivity contribution in [1.29, 1.82) is 0 Å². The van der Waals surface area contributed by atoms with Crippen LogP contribution in [0.2, 0.25) is 0 Å². The summed E-state index contributed by atoms with van der Waals surface area (Å²) in [5.41, 5.74) is 2.78. The Balaban J connectivity index is 1.89. The molecule has 0 aliphatic heterocycles. The van der Waals surface area contributed by atoms with Crippen LogP contribution in [0.5, 0.6) is 5.75 Å². The Kier molecular flexibility index (Phi) is 5.63. The van der Waals surface area contributed by atoms with E-state index in [-0.39, 0.29) is 5.91 Å². The number of amides is 1. The first-order valence-corrected chi connectivity index (χ1v) is 9.30. The van der Waals surface area contributed by atoms with Crippen molar-refractivity contribution in [3.8, 4) is 16.3 Å². The number of methoxy groups -OCH3 is 1. The SMILES string of the molecule is CCCN(C(=O)c1ccc(OC)cc1)c1nnc(-c2cccc(C)c2)s1. The minimum absolute atomic E-state index is 0.0820. The van der Waals surface area contributed by atoms with Crippen molar-refractivity contribution in [2.45, 2.75) is 20.3 Å². The minimum Gasteiger partial charge on any atom is -0.497 e. The van der Waals surface area contributed by atoms with Crippen molar-refractivity contribution >= 4 is 22.4 Å². The highest BCUT2D eigenvalue weighted by atomic mass is 32.1. The summed E-state index contributed by atoms with van der Waals surface area (Å²) in [6.45, 7) is 4.67. The molecule has 3 rings (SSSR count). The van der Waals surface area contributed by atoms with Crippen LogP contribution in [-0.4, -0.2) is 29.8 Å². The average Bonchev–Trinajstić information content (AvgIpc) is 3.15. The van der Waals surface area contributed by atoms with Crippen molar-refractivity contribution in [2.75, 3.05) is 18.6 Å². The van der Waals surface area contributed by atoms with Gasteiger partial charge in [-0.3, -0.25) is 9.69 Å². The molecule has 0 saturated carbocycles. The maximum absolute atomic E-state index is 13.0. The van der Waals surface area contributed by atoms with E-state index in [1.807, 2.05) is 32.0 Å². The van der Waals surface area contributed by atoms with E-state index < -0.39 is 0 Å². The van der Waals surface area contributed by atoms with E-state index in [9.17, 15) is 4.79 Å². The standard InChI is InChI=1S/C20H21N3O2S/c1-4-12-23(19(24)15-8-10-17(25-3)11-9-15)20-22-21-18(26-20)16-7-5-6-14(2)13-16/h5-11,13H,4,12H2,1-3H3. The minimum atomic E-state index is -0.0820. The van der Waals surface area contributed by atoms with Gasteiger partial charge in [-0.1, -0.05) is 42.0 Å². The molecule has 26 heavy (non-hydrogen) atoms. The summed E-state index contributed by atoms with van der Waals surface area (Å²) in [5.74, 6) is 0.641. The number of carbonyl (C=O) groups is 1. The van der Waals surface area contributed by atoms with E-state index in [1.165, 1.54) is 16.9 Å². The molecule has 0 fully saturated rings. The maximum Gasteiger partial charge on any atom is 0.260 e. The zero-order chi connectivity index (χ0) is 18.5. The highest BCUT2D eigenvalue weighted by Crippen LogP contribution is 2.30. The number of benzene rings is 2. The third kappa shape index (κ3) is 3.91. The number of aryl methyl sites for hydroxylation is 1. The van der Waals surface area contributed by atoms with Gasteiger partial charge in [-0.15, -0.1) is 10.2 Å². The molecular weight excluding hydrogens is 346 g/mol. The Hall–Kier alpha value is -2.73. The van der Waals surface area contributed by atoms with Crippen LogP contribution < -0.4 is 9.64 Å². The fraction of sp³-hybridized carbons (Fsp3) is 0.250. The van der Waals surface area contributed by atoms with Crippen LogP contribution in [0.1, 0.15) is 29.3 Å². The first-order chi connectivity index (χ1) is 12.6. The van der Waals surface area contributed by atoms with Gasteiger partial charge in [0, 0.05) is 17.7 Å². The fourth-order valence-corrected chi connectivity index (χ4v) is 3.48. The van der Waals surface area contributed by atoms with Crippen molar-refractivity contribution in [3.63, 3.8) is 0 Å². The lowest BCUT2D eigenvalue weighted by molar-refractivity contribution is 0.0986. The third-order valence-electron chi connectivity index (χ3n) is 3.94. The van der Waals surface area contributed by atoms with E-state index in [0.29, 0.717) is 17.2 Å². The molecule has 0 unspecified atom stereocenters. The summed E-state index contributed by atoms with van der Waals surface area (Å²) in [4.78, 5) is 14.7. The molecule has 2 aromatic carbocycles. The molecule has 134 valence electrons. The highest BCUT2D eigenvalue weighted by Gasteiger charge is 2.21. The summed E-state index contributed by atoms with van der Waals surface area (Å²) in [6, 6.07) is 15.2. The molecular formula is C20H21N3O2S. The van der Waals surface area contributed by atoms with Gasteiger partial charge in [-0.05, 0) is 43.7 Å². The number of anilines is 1. The number of ether oxygens (including phenoxy) is 1. The predicted octanol–water partition coefficient (Wildman–Crippen LogP) is 4.58. The number of rotatable bonds is 6. The van der Waals surface area contributed by atoms with Crippen LogP contribution in [0.15, 0.2) is 48.5 Å². The molecule has 0 atom stereocenters. The molecule has 0 aliphatic rings. The third-order valence-corrected chi connectivity index (χ3v) is 4.93. The van der Waals surface area contributed by atoms with Gasteiger partial charge < -0.3 is 4.74 Å². The molecule has 1 heterocycles. The molecule has 3 aromatic rings. The number of nitrogens with zero attached hydrogens (tertiary/aromatic N) is 3. The average molecular weight is 367 g/mol. The topological polar surface area (TPSA) is 55.3 Å². The summed E-state index contributed by atoms with van der Waals surface area (Å²) in [5, 5.41) is 9.99. The number of aromatic nitrogens is 2. The van der Waals surface area contributed by atoms with Crippen molar-refractivity contribution in [1.82, 2.24) is 10.2 Å². The first-order valence-electron chi connectivity index (χ1n) is 8.49. The van der Waals surface area contributed by atoms with Gasteiger partial charge in [0.2, 0.25) is 5.13 Å². The predicted molar refractivity (Wildman–Crippen MR) is 105 cm³/mol. The van der Waals surface area contributed by atoms with Crippen molar-refractivity contribution in [2.24, 2.45) is 0 Å². The lowest BCUT2D eigenvalue weighted by Gasteiger charge is -2.18. The summed E-state index contributed by atoms with van der Waals surface area (Å²) < 4.78 is 5.16. The van der Waals surface area contributed by atoms with Gasteiger partial charge in [0.15, 0.2) is 0 Å². The van der Waals surface area contributed by atoms with E-state index in [4.69, 9.17) is 4.74 Å². The zero-order valence-electron chi connectivity index (χ0n) is 15.1. The molecule has 0 N–H and O–H groups in total. The van der Waals surface area contributed by atoms with Gasteiger partial charge in [-0.25, -0.2) is 0 Å². The van der Waals surface area contributed by atoms with Crippen LogP contribution in [0.25, 0.3) is 10.6 Å². The molecule has 0 spiro atoms.